The summed E-state index contributed by atoms with van der Waals surface area (Å²) < 4.78 is 18.9. The Hall–Kier alpha value is -5.91. The number of hydrogen-bond donors (Lipinski definition) is 4. The first-order valence-corrected chi connectivity index (χ1v) is 18.9. The smallest absolute Gasteiger partial charge is 0.336 e. The number of anilines is 1. The third-order valence-corrected chi connectivity index (χ3v) is 10.4. The van der Waals surface area contributed by atoms with Gasteiger partial charge in [0.05, 0.1) is 24.4 Å². The summed E-state index contributed by atoms with van der Waals surface area (Å²) in [5, 5.41) is 25.1. The summed E-state index contributed by atoms with van der Waals surface area (Å²) in [5.41, 5.74) is 6.45. The van der Waals surface area contributed by atoms with Crippen LogP contribution in [0.3, 0.4) is 0 Å². The van der Waals surface area contributed by atoms with E-state index < -0.39 is 12.3 Å². The monoisotopic (exact) mass is 752 g/mol. The molecule has 55 heavy (non-hydrogen) atoms. The lowest BCUT2D eigenvalue weighted by atomic mass is 9.98. The number of rotatable bonds is 13. The summed E-state index contributed by atoms with van der Waals surface area (Å²) in [5.74, 6) is 0.981. The molecule has 6 aromatic carbocycles. The van der Waals surface area contributed by atoms with Crippen LogP contribution in [0, 0.1) is 0 Å². The first kappa shape index (κ1) is 37.4. The van der Waals surface area contributed by atoms with Gasteiger partial charge in [0.25, 0.3) is 0 Å². The number of carbonyl (C=O) groups excluding carboxylic acids is 1. The molecule has 0 aliphatic carbocycles. The predicted octanol–water partition coefficient (Wildman–Crippen LogP) is 10.00. The van der Waals surface area contributed by atoms with E-state index in [1.807, 2.05) is 115 Å². The van der Waals surface area contributed by atoms with Gasteiger partial charge in [0.1, 0.15) is 11.5 Å². The van der Waals surface area contributed by atoms with E-state index in [-0.39, 0.29) is 30.4 Å². The van der Waals surface area contributed by atoms with Gasteiger partial charge in [-0.1, -0.05) is 103 Å². The second-order valence-corrected chi connectivity index (χ2v) is 14.1. The van der Waals surface area contributed by atoms with Crippen LogP contribution < -0.4 is 15.4 Å². The lowest BCUT2D eigenvalue weighted by Gasteiger charge is -2.36. The molecule has 278 valence electrons. The Morgan fingerprint density at radius 3 is 2.15 bits per heavy atom. The van der Waals surface area contributed by atoms with E-state index in [9.17, 15) is 19.8 Å². The molecular weight excluding hydrogens is 713 g/mol. The average Bonchev–Trinajstić information content (AvgIpc) is 3.23. The molecule has 0 unspecified atom stereocenters. The lowest BCUT2D eigenvalue weighted by molar-refractivity contribution is -0.245. The fourth-order valence-electron chi connectivity index (χ4n) is 6.33. The van der Waals surface area contributed by atoms with Gasteiger partial charge in [-0.25, -0.2) is 9.59 Å². The number of carboxylic acids is 1. The molecule has 1 fully saturated rings. The Kier molecular flexibility index (Phi) is 12.2. The SMILES string of the molecule is O=C(NCc1ccccc1-c1ccc([C@@H]2O[C@H](CSc3ccccc3C(=O)O)C[C@H](c3ccc(CO)cc3)O2)cc1)Nc1ccc(Oc2ccccc2)cc1. The zero-order valence-electron chi connectivity index (χ0n) is 29.8. The molecule has 0 saturated carbocycles. The van der Waals surface area contributed by atoms with Crippen molar-refractivity contribution in [3.63, 3.8) is 0 Å². The van der Waals surface area contributed by atoms with Crippen LogP contribution in [0.5, 0.6) is 11.5 Å². The van der Waals surface area contributed by atoms with E-state index >= 15 is 0 Å². The molecule has 0 aromatic heterocycles. The molecule has 1 heterocycles. The normalized spacial score (nSPS) is 16.6. The second kappa shape index (κ2) is 17.9. The summed E-state index contributed by atoms with van der Waals surface area (Å²) >= 11 is 1.46. The minimum Gasteiger partial charge on any atom is -0.478 e. The van der Waals surface area contributed by atoms with Crippen molar-refractivity contribution in [3.8, 4) is 22.6 Å². The Morgan fingerprint density at radius 2 is 1.40 bits per heavy atom. The van der Waals surface area contributed by atoms with Crippen molar-refractivity contribution >= 4 is 29.4 Å². The topological polar surface area (TPSA) is 126 Å². The number of amides is 2. The molecule has 0 bridgehead atoms. The molecule has 3 atom stereocenters. The van der Waals surface area contributed by atoms with E-state index in [0.29, 0.717) is 35.1 Å². The number of carbonyl (C=O) groups is 2. The number of aromatic carboxylic acids is 1. The van der Waals surface area contributed by atoms with Crippen LogP contribution >= 0.6 is 11.8 Å². The van der Waals surface area contributed by atoms with Crippen molar-refractivity contribution in [1.29, 1.82) is 0 Å². The minimum absolute atomic E-state index is 0.0426. The van der Waals surface area contributed by atoms with Gasteiger partial charge in [-0.15, -0.1) is 11.8 Å². The highest BCUT2D eigenvalue weighted by Crippen LogP contribution is 2.40. The Balaban J connectivity index is 1.01. The van der Waals surface area contributed by atoms with Gasteiger partial charge in [0.15, 0.2) is 6.29 Å². The summed E-state index contributed by atoms with van der Waals surface area (Å²) in [4.78, 5) is 25.4. The fourth-order valence-corrected chi connectivity index (χ4v) is 7.40. The highest BCUT2D eigenvalue weighted by Gasteiger charge is 2.32. The molecule has 10 heteroatoms. The minimum atomic E-state index is -0.965. The first-order valence-electron chi connectivity index (χ1n) is 17.9. The third kappa shape index (κ3) is 9.80. The summed E-state index contributed by atoms with van der Waals surface area (Å²) in [6, 6.07) is 47.0. The summed E-state index contributed by atoms with van der Waals surface area (Å²) in [6.07, 6.45) is -0.585. The predicted molar refractivity (Wildman–Crippen MR) is 213 cm³/mol. The standard InChI is InChI=1S/C45H40N2O7S/c48-28-30-14-16-32(17-15-30)41-26-38(29-55-42-13-7-6-12-40(42)43(49)50)53-44(54-41)33-20-18-31(19-21-33)39-11-5-4-8-34(39)27-46-45(51)47-35-22-24-37(25-23-35)52-36-9-2-1-3-10-36/h1-25,38,41,44,48H,26-29H2,(H,49,50)(H2,46,47,51)/t38-,41+,44+/m0/s1. The van der Waals surface area contributed by atoms with Crippen molar-refractivity contribution in [1.82, 2.24) is 5.32 Å². The van der Waals surface area contributed by atoms with Gasteiger partial charge in [-0.05, 0) is 76.3 Å². The van der Waals surface area contributed by atoms with Crippen LogP contribution in [0.25, 0.3) is 11.1 Å². The van der Waals surface area contributed by atoms with Crippen LogP contribution in [0.4, 0.5) is 10.5 Å². The quantitative estimate of drug-likeness (QED) is 0.0860. The molecule has 0 radical (unpaired) electrons. The number of aliphatic hydroxyl groups excluding tert-OH is 1. The number of para-hydroxylation sites is 1. The van der Waals surface area contributed by atoms with E-state index in [2.05, 4.69) is 10.6 Å². The summed E-state index contributed by atoms with van der Waals surface area (Å²) in [7, 11) is 0. The number of carboxylic acid groups (broad SMARTS) is 1. The maximum absolute atomic E-state index is 12.9. The second-order valence-electron chi connectivity index (χ2n) is 13.0. The third-order valence-electron chi connectivity index (χ3n) is 9.20. The van der Waals surface area contributed by atoms with Crippen molar-refractivity contribution in [2.75, 3.05) is 11.1 Å². The molecule has 1 aliphatic rings. The molecule has 7 rings (SSSR count). The first-order chi connectivity index (χ1) is 26.9. The maximum Gasteiger partial charge on any atom is 0.336 e. The Bertz CT molecular complexity index is 2200. The lowest BCUT2D eigenvalue weighted by Crippen LogP contribution is -2.31. The maximum atomic E-state index is 12.9. The van der Waals surface area contributed by atoms with E-state index in [4.69, 9.17) is 14.2 Å². The molecule has 9 nitrogen and oxygen atoms in total. The average molecular weight is 753 g/mol. The Morgan fingerprint density at radius 1 is 0.727 bits per heavy atom. The largest absolute Gasteiger partial charge is 0.478 e. The highest BCUT2D eigenvalue weighted by atomic mass is 32.2. The van der Waals surface area contributed by atoms with E-state index in [1.54, 1.807) is 36.4 Å². The van der Waals surface area contributed by atoms with Crippen molar-refractivity contribution in [3.05, 3.63) is 179 Å². The number of ether oxygens (including phenoxy) is 3. The molecule has 2 amide bonds. The van der Waals surface area contributed by atoms with E-state index in [0.717, 1.165) is 39.1 Å². The van der Waals surface area contributed by atoms with Gasteiger partial charge in [0, 0.05) is 34.9 Å². The number of aliphatic hydroxyl groups is 1. The van der Waals surface area contributed by atoms with Gasteiger partial charge in [-0.2, -0.15) is 0 Å². The molecule has 0 spiro atoms. The summed E-state index contributed by atoms with van der Waals surface area (Å²) in [6.45, 7) is 0.272. The van der Waals surface area contributed by atoms with Crippen LogP contribution in [-0.4, -0.2) is 34.1 Å². The highest BCUT2D eigenvalue weighted by molar-refractivity contribution is 7.99. The molecular formula is C45H40N2O7S. The van der Waals surface area contributed by atoms with Gasteiger partial charge < -0.3 is 35.1 Å². The molecule has 1 saturated heterocycles. The number of thioether (sulfide) groups is 1. The van der Waals surface area contributed by atoms with Crippen LogP contribution in [-0.2, 0) is 22.6 Å². The van der Waals surface area contributed by atoms with Crippen molar-refractivity contribution < 1.29 is 34.0 Å². The molecule has 1 aliphatic heterocycles. The van der Waals surface area contributed by atoms with Crippen LogP contribution in [0.15, 0.2) is 157 Å². The molecule has 6 aromatic rings. The Labute approximate surface area is 323 Å². The van der Waals surface area contributed by atoms with Crippen molar-refractivity contribution in [2.24, 2.45) is 0 Å². The van der Waals surface area contributed by atoms with Crippen LogP contribution in [0.1, 0.15) is 51.4 Å². The van der Waals surface area contributed by atoms with Crippen molar-refractivity contribution in [2.45, 2.75) is 43.0 Å². The number of nitrogens with one attached hydrogen (secondary N) is 2. The molecule has 4 N–H and O–H groups in total. The number of benzene rings is 6. The van der Waals surface area contributed by atoms with E-state index in [1.165, 1.54) is 11.8 Å². The number of hydrogen-bond acceptors (Lipinski definition) is 7. The fraction of sp³-hybridized carbons (Fsp3) is 0.156. The number of urea groups is 1. The van der Waals surface area contributed by atoms with Gasteiger partial charge in [-0.3, -0.25) is 0 Å². The zero-order valence-corrected chi connectivity index (χ0v) is 30.7. The van der Waals surface area contributed by atoms with Gasteiger partial charge >= 0.3 is 12.0 Å². The zero-order chi connectivity index (χ0) is 38.0. The van der Waals surface area contributed by atoms with Gasteiger partial charge in [0.2, 0.25) is 0 Å². The van der Waals surface area contributed by atoms with Crippen LogP contribution in [0.2, 0.25) is 0 Å².